The van der Waals surface area contributed by atoms with Crippen LogP contribution in [-0.4, -0.2) is 44.4 Å². The van der Waals surface area contributed by atoms with Gasteiger partial charge in [0, 0.05) is 22.9 Å². The molecule has 5 heteroatoms. The van der Waals surface area contributed by atoms with Crippen molar-refractivity contribution in [2.45, 2.75) is 72.4 Å². The maximum Gasteiger partial charge on any atom is 0.272 e. The summed E-state index contributed by atoms with van der Waals surface area (Å²) in [6.45, 7) is 15.7. The zero-order chi connectivity index (χ0) is 17.6. The predicted octanol–water partition coefficient (Wildman–Crippen LogP) is 2.82. The smallest absolute Gasteiger partial charge is 0.272 e. The largest absolute Gasteiger partial charge is 0.396 e. The lowest BCUT2D eigenvalue weighted by atomic mass is 9.84. The molecule has 5 nitrogen and oxygen atoms in total. The predicted molar refractivity (Wildman–Crippen MR) is 91.5 cm³/mol. The Balaban J connectivity index is 2.60. The first-order chi connectivity index (χ1) is 10.4. The number of aliphatic hydroxyl groups is 1. The first-order valence-electron chi connectivity index (χ1n) is 8.45. The van der Waals surface area contributed by atoms with E-state index in [1.165, 1.54) is 0 Å². The number of carbonyl (C=O) groups excluding carboxylic acids is 1. The van der Waals surface area contributed by atoms with Crippen molar-refractivity contribution in [3.8, 4) is 0 Å². The average molecular weight is 321 g/mol. The molecule has 0 radical (unpaired) electrons. The van der Waals surface area contributed by atoms with Crippen LogP contribution in [0, 0.1) is 5.41 Å². The molecule has 0 bridgehead atoms. The lowest BCUT2D eigenvalue weighted by molar-refractivity contribution is 0.0237. The zero-order valence-electron chi connectivity index (χ0n) is 15.6. The molecule has 23 heavy (non-hydrogen) atoms. The summed E-state index contributed by atoms with van der Waals surface area (Å²) in [5.41, 5.74) is 0.789. The molecule has 2 heterocycles. The van der Waals surface area contributed by atoms with Gasteiger partial charge in [0.15, 0.2) is 0 Å². The molecule has 0 spiro atoms. The lowest BCUT2D eigenvalue weighted by Crippen LogP contribution is -2.51. The number of aromatic nitrogens is 2. The van der Waals surface area contributed by atoms with E-state index in [-0.39, 0.29) is 28.9 Å². The molecule has 0 aromatic carbocycles. The Kier molecular flexibility index (Phi) is 4.39. The van der Waals surface area contributed by atoms with Crippen molar-refractivity contribution in [1.82, 2.24) is 14.7 Å². The molecule has 1 atom stereocenters. The Morgan fingerprint density at radius 3 is 2.26 bits per heavy atom. The summed E-state index contributed by atoms with van der Waals surface area (Å²) in [4.78, 5) is 15.0. The van der Waals surface area contributed by atoms with Crippen molar-refractivity contribution in [3.05, 3.63) is 17.5 Å². The van der Waals surface area contributed by atoms with E-state index < -0.39 is 0 Å². The fourth-order valence-corrected chi connectivity index (χ4v) is 2.97. The highest BCUT2D eigenvalue weighted by Gasteiger charge is 2.42. The van der Waals surface area contributed by atoms with E-state index in [9.17, 15) is 9.90 Å². The van der Waals surface area contributed by atoms with Gasteiger partial charge in [-0.25, -0.2) is 0 Å². The first-order valence-corrected chi connectivity index (χ1v) is 8.45. The SMILES string of the molecule is CCC1(CO)CN(C(C)(C)C)C(=O)c2cc(C(C)(C)C)nn2C1. The third kappa shape index (κ3) is 3.30. The van der Waals surface area contributed by atoms with Crippen LogP contribution in [0.25, 0.3) is 0 Å². The fourth-order valence-electron chi connectivity index (χ4n) is 2.97. The van der Waals surface area contributed by atoms with Gasteiger partial charge in [-0.2, -0.15) is 5.10 Å². The van der Waals surface area contributed by atoms with Crippen molar-refractivity contribution in [3.63, 3.8) is 0 Å². The summed E-state index contributed by atoms with van der Waals surface area (Å²) in [6, 6.07) is 1.92. The van der Waals surface area contributed by atoms with Crippen LogP contribution in [0.5, 0.6) is 0 Å². The van der Waals surface area contributed by atoms with Crippen molar-refractivity contribution in [2.75, 3.05) is 13.2 Å². The molecule has 1 N–H and O–H groups in total. The molecule has 1 unspecified atom stereocenters. The number of nitrogens with zero attached hydrogens (tertiary/aromatic N) is 3. The first kappa shape index (κ1) is 18.0. The van der Waals surface area contributed by atoms with E-state index in [4.69, 9.17) is 5.10 Å². The van der Waals surface area contributed by atoms with Gasteiger partial charge in [0.25, 0.3) is 5.91 Å². The van der Waals surface area contributed by atoms with E-state index >= 15 is 0 Å². The van der Waals surface area contributed by atoms with E-state index in [1.807, 2.05) is 36.4 Å². The summed E-state index contributed by atoms with van der Waals surface area (Å²) in [5, 5.41) is 14.7. The van der Waals surface area contributed by atoms with Crippen molar-refractivity contribution < 1.29 is 9.90 Å². The van der Waals surface area contributed by atoms with Crippen LogP contribution >= 0.6 is 0 Å². The number of aliphatic hydroxyl groups excluding tert-OH is 1. The molecule has 1 aromatic rings. The summed E-state index contributed by atoms with van der Waals surface area (Å²) in [7, 11) is 0. The van der Waals surface area contributed by atoms with Crippen LogP contribution in [-0.2, 0) is 12.0 Å². The Morgan fingerprint density at radius 1 is 1.22 bits per heavy atom. The quantitative estimate of drug-likeness (QED) is 0.911. The van der Waals surface area contributed by atoms with E-state index in [1.54, 1.807) is 0 Å². The van der Waals surface area contributed by atoms with Gasteiger partial charge in [0.05, 0.1) is 18.8 Å². The number of hydrogen-bond acceptors (Lipinski definition) is 3. The Hall–Kier alpha value is -1.36. The molecule has 130 valence electrons. The third-order valence-corrected chi connectivity index (χ3v) is 4.89. The normalized spacial score (nSPS) is 23.0. The van der Waals surface area contributed by atoms with Gasteiger partial charge in [0.2, 0.25) is 0 Å². The maximum absolute atomic E-state index is 13.1. The molecule has 1 aromatic heterocycles. The lowest BCUT2D eigenvalue weighted by Gasteiger charge is -2.40. The zero-order valence-corrected chi connectivity index (χ0v) is 15.6. The van der Waals surface area contributed by atoms with E-state index in [0.29, 0.717) is 18.8 Å². The van der Waals surface area contributed by atoms with Gasteiger partial charge in [-0.15, -0.1) is 0 Å². The van der Waals surface area contributed by atoms with Crippen LogP contribution in [0.15, 0.2) is 6.07 Å². The third-order valence-electron chi connectivity index (χ3n) is 4.89. The Labute approximate surface area is 139 Å². The summed E-state index contributed by atoms with van der Waals surface area (Å²) in [5.74, 6) is 0.00396. The maximum atomic E-state index is 13.1. The van der Waals surface area contributed by atoms with E-state index in [2.05, 4.69) is 27.7 Å². The second kappa shape index (κ2) is 5.62. The molecule has 0 saturated heterocycles. The van der Waals surface area contributed by atoms with Gasteiger partial charge < -0.3 is 10.0 Å². The highest BCUT2D eigenvalue weighted by atomic mass is 16.3. The van der Waals surface area contributed by atoms with Gasteiger partial charge >= 0.3 is 0 Å². The number of fused-ring (bicyclic) bond motifs is 1. The molecule has 0 saturated carbocycles. The molecular formula is C18H31N3O2. The molecular weight excluding hydrogens is 290 g/mol. The van der Waals surface area contributed by atoms with Gasteiger partial charge in [-0.05, 0) is 33.3 Å². The van der Waals surface area contributed by atoms with E-state index in [0.717, 1.165) is 12.1 Å². The number of amides is 1. The number of hydrogen-bond donors (Lipinski definition) is 1. The number of rotatable bonds is 2. The highest BCUT2D eigenvalue weighted by molar-refractivity contribution is 5.93. The molecule has 2 rings (SSSR count). The Morgan fingerprint density at radius 2 is 1.83 bits per heavy atom. The standard InChI is InChI=1S/C18H31N3O2/c1-8-18(12-22)10-20(17(5,6)7)15(23)13-9-14(16(2,3)4)19-21(13)11-18/h9,22H,8,10-12H2,1-7H3. The summed E-state index contributed by atoms with van der Waals surface area (Å²) < 4.78 is 1.81. The Bertz CT molecular complexity index is 586. The van der Waals surface area contributed by atoms with Crippen LogP contribution < -0.4 is 0 Å². The minimum Gasteiger partial charge on any atom is -0.396 e. The van der Waals surface area contributed by atoms with Crippen molar-refractivity contribution in [2.24, 2.45) is 5.41 Å². The molecule has 0 fully saturated rings. The minimum absolute atomic E-state index is 0.00396. The summed E-state index contributed by atoms with van der Waals surface area (Å²) in [6.07, 6.45) is 0.799. The van der Waals surface area contributed by atoms with Crippen molar-refractivity contribution >= 4 is 5.91 Å². The topological polar surface area (TPSA) is 58.4 Å². The molecule has 1 amide bonds. The second-order valence-corrected chi connectivity index (χ2v) is 8.90. The molecule has 1 aliphatic heterocycles. The fraction of sp³-hybridized carbons (Fsp3) is 0.778. The van der Waals surface area contributed by atoms with Crippen LogP contribution in [0.2, 0.25) is 0 Å². The highest BCUT2D eigenvalue weighted by Crippen LogP contribution is 2.34. The monoisotopic (exact) mass is 321 g/mol. The summed E-state index contributed by atoms with van der Waals surface area (Å²) >= 11 is 0. The second-order valence-electron chi connectivity index (χ2n) is 8.90. The average Bonchev–Trinajstić information content (AvgIpc) is 2.80. The van der Waals surface area contributed by atoms with Crippen molar-refractivity contribution in [1.29, 1.82) is 0 Å². The van der Waals surface area contributed by atoms with Crippen LogP contribution in [0.1, 0.15) is 71.1 Å². The van der Waals surface area contributed by atoms with Gasteiger partial charge in [-0.1, -0.05) is 27.7 Å². The van der Waals surface area contributed by atoms with Crippen LogP contribution in [0.3, 0.4) is 0 Å². The minimum atomic E-state index is -0.352. The molecule has 1 aliphatic rings. The van der Waals surface area contributed by atoms with Gasteiger partial charge in [-0.3, -0.25) is 9.48 Å². The molecule has 0 aliphatic carbocycles. The van der Waals surface area contributed by atoms with Crippen LogP contribution in [0.4, 0.5) is 0 Å². The number of carbonyl (C=O) groups is 1. The van der Waals surface area contributed by atoms with Gasteiger partial charge in [0.1, 0.15) is 5.69 Å².